The van der Waals surface area contributed by atoms with E-state index in [9.17, 15) is 14.0 Å². The molecule has 3 aromatic rings. The number of aromatic nitrogens is 2. The van der Waals surface area contributed by atoms with E-state index in [2.05, 4.69) is 29.6 Å². The Morgan fingerprint density at radius 2 is 1.84 bits per heavy atom. The second kappa shape index (κ2) is 7.44. The van der Waals surface area contributed by atoms with Crippen LogP contribution in [0.5, 0.6) is 0 Å². The molecule has 1 aliphatic heterocycles. The number of carbonyl (C=O) groups excluding carboxylic acids is 2. The van der Waals surface area contributed by atoms with E-state index in [-0.39, 0.29) is 22.9 Å². The molecule has 0 bridgehead atoms. The molecule has 0 unspecified atom stereocenters. The van der Waals surface area contributed by atoms with Gasteiger partial charge in [0.25, 0.3) is 5.91 Å². The minimum Gasteiger partial charge on any atom is -0.343 e. The number of carbonyl (C=O) groups is 2. The quantitative estimate of drug-likeness (QED) is 0.618. The predicted molar refractivity (Wildman–Crippen MR) is 120 cm³/mol. The first-order valence-electron chi connectivity index (χ1n) is 10.5. The van der Waals surface area contributed by atoms with Gasteiger partial charge in [-0.1, -0.05) is 44.2 Å². The molecule has 1 aliphatic carbocycles. The molecule has 5 rings (SSSR count). The smallest absolute Gasteiger partial charge is 0.261 e. The lowest BCUT2D eigenvalue weighted by molar-refractivity contribution is -0.118. The van der Waals surface area contributed by atoms with Crippen LogP contribution in [-0.4, -0.2) is 21.5 Å². The number of hydrogen-bond acceptors (Lipinski definition) is 4. The van der Waals surface area contributed by atoms with Crippen LogP contribution in [-0.2, 0) is 4.79 Å². The number of Topliss-reactive ketones (excluding diaryl/α,β-unsaturated/α-hetero) is 1. The van der Waals surface area contributed by atoms with Crippen molar-refractivity contribution >= 4 is 23.2 Å². The van der Waals surface area contributed by atoms with Crippen LogP contribution >= 0.6 is 0 Å². The van der Waals surface area contributed by atoms with Gasteiger partial charge in [0.05, 0.1) is 6.20 Å². The molecular formula is C25H23FN4O2. The molecule has 2 heterocycles. The van der Waals surface area contributed by atoms with Crippen LogP contribution in [0, 0.1) is 11.2 Å². The first-order valence-corrected chi connectivity index (χ1v) is 10.5. The van der Waals surface area contributed by atoms with Crippen molar-refractivity contribution < 1.29 is 14.0 Å². The lowest BCUT2D eigenvalue weighted by Gasteiger charge is -2.39. The largest absolute Gasteiger partial charge is 0.343 e. The van der Waals surface area contributed by atoms with E-state index in [1.807, 2.05) is 30.3 Å². The molecular weight excluding hydrogens is 407 g/mol. The third-order valence-corrected chi connectivity index (χ3v) is 5.96. The molecule has 2 aliphatic rings. The fourth-order valence-corrected chi connectivity index (χ4v) is 4.55. The van der Waals surface area contributed by atoms with Gasteiger partial charge >= 0.3 is 0 Å². The molecule has 1 atom stereocenters. The summed E-state index contributed by atoms with van der Waals surface area (Å²) >= 11 is 0. The van der Waals surface area contributed by atoms with Crippen molar-refractivity contribution in [2.24, 2.45) is 5.41 Å². The first kappa shape index (κ1) is 20.2. The average Bonchev–Trinajstić information content (AvgIpc) is 3.17. The summed E-state index contributed by atoms with van der Waals surface area (Å²) in [5.74, 6) is -0.0938. The summed E-state index contributed by atoms with van der Waals surface area (Å²) < 4.78 is 14.9. The summed E-state index contributed by atoms with van der Waals surface area (Å²) in [6.45, 7) is 4.14. The summed E-state index contributed by atoms with van der Waals surface area (Å²) in [5.41, 5.74) is 3.14. The SMILES string of the molecule is CC1(C)CC(=O)C2=C(C1)Nc1c(C(=O)Nc3ccc(F)cc3)cnn1[C@@H]2c1ccccc1. The Hall–Kier alpha value is -3.74. The van der Waals surface area contributed by atoms with Crippen LogP contribution in [0.2, 0.25) is 0 Å². The number of halogens is 1. The highest BCUT2D eigenvalue weighted by Crippen LogP contribution is 2.46. The Morgan fingerprint density at radius 1 is 1.12 bits per heavy atom. The van der Waals surface area contributed by atoms with Gasteiger partial charge in [0.15, 0.2) is 5.78 Å². The average molecular weight is 430 g/mol. The van der Waals surface area contributed by atoms with Crippen molar-refractivity contribution in [3.63, 3.8) is 0 Å². The standard InChI is InChI=1S/C25H23FN4O2/c1-25(2)12-19-21(20(31)13-25)22(15-6-4-3-5-7-15)30-23(29-19)18(14-27-30)24(32)28-17-10-8-16(26)9-11-17/h3-11,14,22,29H,12-13H2,1-2H3,(H,28,32)/t22-/m1/s1. The zero-order chi connectivity index (χ0) is 22.5. The Labute approximate surface area is 185 Å². The van der Waals surface area contributed by atoms with E-state index in [0.717, 1.165) is 11.3 Å². The van der Waals surface area contributed by atoms with E-state index in [1.54, 1.807) is 4.68 Å². The van der Waals surface area contributed by atoms with Crippen LogP contribution in [0.4, 0.5) is 15.9 Å². The maximum atomic E-state index is 13.2. The lowest BCUT2D eigenvalue weighted by Crippen LogP contribution is -2.36. The predicted octanol–water partition coefficient (Wildman–Crippen LogP) is 4.93. The van der Waals surface area contributed by atoms with Crippen LogP contribution in [0.3, 0.4) is 0 Å². The first-order chi connectivity index (χ1) is 15.3. The van der Waals surface area contributed by atoms with Crippen LogP contribution in [0.15, 0.2) is 72.1 Å². The fraction of sp³-hybridized carbons (Fsp3) is 0.240. The maximum Gasteiger partial charge on any atom is 0.261 e. The van der Waals surface area contributed by atoms with Gasteiger partial charge < -0.3 is 10.6 Å². The molecule has 2 N–H and O–H groups in total. The highest BCUT2D eigenvalue weighted by atomic mass is 19.1. The van der Waals surface area contributed by atoms with Crippen LogP contribution in [0.25, 0.3) is 0 Å². The van der Waals surface area contributed by atoms with E-state index in [4.69, 9.17) is 0 Å². The molecule has 0 saturated heterocycles. The number of nitrogens with one attached hydrogen (secondary N) is 2. The highest BCUT2D eigenvalue weighted by Gasteiger charge is 2.42. The van der Waals surface area contributed by atoms with Crippen molar-refractivity contribution in [3.05, 3.63) is 89.0 Å². The van der Waals surface area contributed by atoms with Crippen molar-refractivity contribution in [3.8, 4) is 0 Å². The van der Waals surface area contributed by atoms with Gasteiger partial charge in [-0.05, 0) is 41.7 Å². The summed E-state index contributed by atoms with van der Waals surface area (Å²) in [6, 6.07) is 14.9. The van der Waals surface area contributed by atoms with Gasteiger partial charge in [-0.2, -0.15) is 5.10 Å². The van der Waals surface area contributed by atoms with Crippen molar-refractivity contribution in [2.75, 3.05) is 10.6 Å². The van der Waals surface area contributed by atoms with Crippen molar-refractivity contribution in [2.45, 2.75) is 32.7 Å². The molecule has 0 radical (unpaired) electrons. The van der Waals surface area contributed by atoms with Crippen LogP contribution < -0.4 is 10.6 Å². The number of benzene rings is 2. The highest BCUT2D eigenvalue weighted by molar-refractivity contribution is 6.08. The zero-order valence-corrected chi connectivity index (χ0v) is 17.9. The maximum absolute atomic E-state index is 13.2. The number of ketones is 1. The van der Waals surface area contributed by atoms with E-state index in [0.29, 0.717) is 35.5 Å². The van der Waals surface area contributed by atoms with E-state index in [1.165, 1.54) is 30.5 Å². The molecule has 1 aromatic heterocycles. The second-order valence-corrected chi connectivity index (χ2v) is 9.08. The van der Waals surface area contributed by atoms with Gasteiger partial charge in [0, 0.05) is 23.4 Å². The molecule has 32 heavy (non-hydrogen) atoms. The van der Waals surface area contributed by atoms with Crippen molar-refractivity contribution in [1.82, 2.24) is 9.78 Å². The number of hydrogen-bond donors (Lipinski definition) is 2. The molecule has 162 valence electrons. The molecule has 7 heteroatoms. The van der Waals surface area contributed by atoms with E-state index >= 15 is 0 Å². The minimum absolute atomic E-state index is 0.0936. The Balaban J connectivity index is 1.58. The molecule has 0 fully saturated rings. The summed E-state index contributed by atoms with van der Waals surface area (Å²) in [4.78, 5) is 26.2. The minimum atomic E-state index is -0.404. The number of amides is 1. The van der Waals surface area contributed by atoms with Gasteiger partial charge in [-0.3, -0.25) is 9.59 Å². The Bertz CT molecular complexity index is 1240. The lowest BCUT2D eigenvalue weighted by atomic mass is 9.73. The van der Waals surface area contributed by atoms with Gasteiger partial charge in [0.2, 0.25) is 0 Å². The topological polar surface area (TPSA) is 76.0 Å². The van der Waals surface area contributed by atoms with Gasteiger partial charge in [-0.15, -0.1) is 0 Å². The van der Waals surface area contributed by atoms with Crippen molar-refractivity contribution in [1.29, 1.82) is 0 Å². The Morgan fingerprint density at radius 3 is 2.56 bits per heavy atom. The molecule has 6 nitrogen and oxygen atoms in total. The fourth-order valence-electron chi connectivity index (χ4n) is 4.55. The molecule has 1 amide bonds. The van der Waals surface area contributed by atoms with Gasteiger partial charge in [0.1, 0.15) is 23.2 Å². The van der Waals surface area contributed by atoms with Crippen LogP contribution in [0.1, 0.15) is 48.7 Å². The second-order valence-electron chi connectivity index (χ2n) is 9.08. The number of nitrogens with zero attached hydrogens (tertiary/aromatic N) is 2. The number of allylic oxidation sites excluding steroid dienone is 2. The summed E-state index contributed by atoms with van der Waals surface area (Å²) in [7, 11) is 0. The number of fused-ring (bicyclic) bond motifs is 1. The molecule has 0 spiro atoms. The molecule has 0 saturated carbocycles. The zero-order valence-electron chi connectivity index (χ0n) is 17.9. The van der Waals surface area contributed by atoms with Gasteiger partial charge in [-0.25, -0.2) is 9.07 Å². The third kappa shape index (κ3) is 3.49. The van der Waals surface area contributed by atoms with E-state index < -0.39 is 6.04 Å². The monoisotopic (exact) mass is 430 g/mol. The molecule has 2 aromatic carbocycles. The summed E-state index contributed by atoms with van der Waals surface area (Å²) in [5, 5.41) is 10.6. The normalized spacial score (nSPS) is 19.1. The summed E-state index contributed by atoms with van der Waals surface area (Å²) in [6.07, 6.45) is 2.66. The third-order valence-electron chi connectivity index (χ3n) is 5.96. The number of rotatable bonds is 3. The Kier molecular flexibility index (Phi) is 4.69. The number of anilines is 2.